The first kappa shape index (κ1) is 13.9. The molecule has 0 spiro atoms. The SMILES string of the molecule is Cn1cc(C(=O)OCC(=O)c2cc(F)ccc2F)cn1. The quantitative estimate of drug-likeness (QED) is 0.632. The maximum absolute atomic E-state index is 13.3. The van der Waals surface area contributed by atoms with Crippen molar-refractivity contribution in [1.29, 1.82) is 0 Å². The van der Waals surface area contributed by atoms with Crippen LogP contribution in [0.3, 0.4) is 0 Å². The highest BCUT2D eigenvalue weighted by Crippen LogP contribution is 2.11. The van der Waals surface area contributed by atoms with E-state index in [2.05, 4.69) is 5.10 Å². The molecule has 1 heterocycles. The van der Waals surface area contributed by atoms with Gasteiger partial charge in [-0.3, -0.25) is 9.48 Å². The van der Waals surface area contributed by atoms with Crippen LogP contribution in [-0.4, -0.2) is 28.1 Å². The van der Waals surface area contributed by atoms with Crippen molar-refractivity contribution in [2.45, 2.75) is 0 Å². The molecule has 0 saturated carbocycles. The molecule has 20 heavy (non-hydrogen) atoms. The Labute approximate surface area is 112 Å². The fourth-order valence-corrected chi connectivity index (χ4v) is 1.53. The predicted molar refractivity (Wildman–Crippen MR) is 64.2 cm³/mol. The minimum absolute atomic E-state index is 0.167. The molecule has 0 aliphatic heterocycles. The van der Waals surface area contributed by atoms with Crippen LogP contribution in [0, 0.1) is 11.6 Å². The standard InChI is InChI=1S/C13H10F2N2O3/c1-17-6-8(5-16-17)13(19)20-7-12(18)10-4-9(14)2-3-11(10)15/h2-6H,7H2,1H3. The third-order valence-electron chi connectivity index (χ3n) is 2.50. The van der Waals surface area contributed by atoms with Gasteiger partial charge in [-0.1, -0.05) is 0 Å². The molecule has 0 aliphatic carbocycles. The second kappa shape index (κ2) is 5.60. The molecule has 0 bridgehead atoms. The molecule has 0 saturated heterocycles. The van der Waals surface area contributed by atoms with Gasteiger partial charge in [-0.15, -0.1) is 0 Å². The molecule has 0 atom stereocenters. The molecule has 2 rings (SSSR count). The number of carbonyl (C=O) groups is 2. The maximum Gasteiger partial charge on any atom is 0.341 e. The molecular formula is C13H10F2N2O3. The number of nitrogens with zero attached hydrogens (tertiary/aromatic N) is 2. The van der Waals surface area contributed by atoms with Crippen molar-refractivity contribution in [3.05, 3.63) is 53.4 Å². The van der Waals surface area contributed by atoms with Gasteiger partial charge in [0.1, 0.15) is 11.6 Å². The minimum Gasteiger partial charge on any atom is -0.454 e. The Kier molecular flexibility index (Phi) is 3.88. The van der Waals surface area contributed by atoms with E-state index in [4.69, 9.17) is 4.74 Å². The average molecular weight is 280 g/mol. The van der Waals surface area contributed by atoms with Crippen LogP contribution >= 0.6 is 0 Å². The number of hydrogen-bond acceptors (Lipinski definition) is 4. The number of rotatable bonds is 4. The largest absolute Gasteiger partial charge is 0.454 e. The summed E-state index contributed by atoms with van der Waals surface area (Å²) >= 11 is 0. The molecule has 0 N–H and O–H groups in total. The van der Waals surface area contributed by atoms with Gasteiger partial charge in [0.2, 0.25) is 5.78 Å². The first-order valence-corrected chi connectivity index (χ1v) is 5.61. The lowest BCUT2D eigenvalue weighted by molar-refractivity contribution is 0.0473. The number of esters is 1. The van der Waals surface area contributed by atoms with E-state index in [1.54, 1.807) is 7.05 Å². The first-order valence-electron chi connectivity index (χ1n) is 5.61. The van der Waals surface area contributed by atoms with Crippen molar-refractivity contribution in [3.63, 3.8) is 0 Å². The van der Waals surface area contributed by atoms with E-state index < -0.39 is 35.6 Å². The number of hydrogen-bond donors (Lipinski definition) is 0. The van der Waals surface area contributed by atoms with Crippen molar-refractivity contribution >= 4 is 11.8 Å². The summed E-state index contributed by atoms with van der Waals surface area (Å²) in [6, 6.07) is 2.49. The normalized spacial score (nSPS) is 10.3. The average Bonchev–Trinajstić information content (AvgIpc) is 2.85. The Bertz CT molecular complexity index is 667. The number of aryl methyl sites for hydroxylation is 1. The summed E-state index contributed by atoms with van der Waals surface area (Å²) in [5.74, 6) is -3.19. The molecule has 5 nitrogen and oxygen atoms in total. The topological polar surface area (TPSA) is 61.2 Å². The molecule has 0 aliphatic rings. The summed E-state index contributed by atoms with van der Waals surface area (Å²) < 4.78 is 32.4. The van der Waals surface area contributed by atoms with Gasteiger partial charge in [0, 0.05) is 13.2 Å². The van der Waals surface area contributed by atoms with E-state index in [9.17, 15) is 18.4 Å². The number of benzene rings is 1. The molecule has 0 fully saturated rings. The summed E-state index contributed by atoms with van der Waals surface area (Å²) in [6.07, 6.45) is 2.69. The van der Waals surface area contributed by atoms with Gasteiger partial charge in [-0.2, -0.15) is 5.10 Å². The Morgan fingerprint density at radius 1 is 1.35 bits per heavy atom. The van der Waals surface area contributed by atoms with Gasteiger partial charge >= 0.3 is 5.97 Å². The third kappa shape index (κ3) is 3.05. The van der Waals surface area contributed by atoms with Crippen LogP contribution in [0.25, 0.3) is 0 Å². The molecule has 0 unspecified atom stereocenters. The van der Waals surface area contributed by atoms with Crippen LogP contribution < -0.4 is 0 Å². The fraction of sp³-hybridized carbons (Fsp3) is 0.154. The molecule has 0 amide bonds. The van der Waals surface area contributed by atoms with Crippen LogP contribution in [0.4, 0.5) is 8.78 Å². The molecule has 0 radical (unpaired) electrons. The molecular weight excluding hydrogens is 270 g/mol. The number of Topliss-reactive ketones (excluding diaryl/α,β-unsaturated/α-hetero) is 1. The van der Waals surface area contributed by atoms with Crippen molar-refractivity contribution < 1.29 is 23.1 Å². The van der Waals surface area contributed by atoms with Gasteiger partial charge in [-0.25, -0.2) is 13.6 Å². The van der Waals surface area contributed by atoms with E-state index in [-0.39, 0.29) is 5.56 Å². The Morgan fingerprint density at radius 3 is 2.75 bits per heavy atom. The molecule has 1 aromatic heterocycles. The van der Waals surface area contributed by atoms with E-state index in [1.165, 1.54) is 17.1 Å². The molecule has 7 heteroatoms. The lowest BCUT2D eigenvalue weighted by Crippen LogP contribution is -2.15. The van der Waals surface area contributed by atoms with Crippen LogP contribution in [0.5, 0.6) is 0 Å². The number of ether oxygens (including phenoxy) is 1. The summed E-state index contributed by atoms with van der Waals surface area (Å²) in [5.41, 5.74) is -0.288. The van der Waals surface area contributed by atoms with Crippen molar-refractivity contribution in [2.24, 2.45) is 7.05 Å². The second-order valence-corrected chi connectivity index (χ2v) is 4.03. The smallest absolute Gasteiger partial charge is 0.341 e. The lowest BCUT2D eigenvalue weighted by atomic mass is 10.1. The number of ketones is 1. The zero-order chi connectivity index (χ0) is 14.7. The van der Waals surface area contributed by atoms with E-state index >= 15 is 0 Å². The zero-order valence-electron chi connectivity index (χ0n) is 10.5. The van der Waals surface area contributed by atoms with Crippen molar-refractivity contribution in [3.8, 4) is 0 Å². The highest BCUT2D eigenvalue weighted by molar-refractivity contribution is 5.99. The van der Waals surface area contributed by atoms with E-state index in [0.29, 0.717) is 0 Å². The van der Waals surface area contributed by atoms with E-state index in [1.807, 2.05) is 0 Å². The minimum atomic E-state index is -0.867. The van der Waals surface area contributed by atoms with E-state index in [0.717, 1.165) is 18.2 Å². The number of carbonyl (C=O) groups excluding carboxylic acids is 2. The number of aromatic nitrogens is 2. The predicted octanol–water partition coefficient (Wildman–Crippen LogP) is 1.74. The first-order chi connectivity index (χ1) is 9.47. The van der Waals surface area contributed by atoms with Crippen LogP contribution in [0.15, 0.2) is 30.6 Å². The Balaban J connectivity index is 2.02. The van der Waals surface area contributed by atoms with Gasteiger partial charge in [0.25, 0.3) is 0 Å². The summed E-state index contributed by atoms with van der Waals surface area (Å²) in [4.78, 5) is 23.2. The third-order valence-corrected chi connectivity index (χ3v) is 2.50. The van der Waals surface area contributed by atoms with Crippen molar-refractivity contribution in [1.82, 2.24) is 9.78 Å². The summed E-state index contributed by atoms with van der Waals surface area (Å²) in [5, 5.41) is 3.77. The van der Waals surface area contributed by atoms with Crippen LogP contribution in [0.1, 0.15) is 20.7 Å². The molecule has 2 aromatic rings. The monoisotopic (exact) mass is 280 g/mol. The second-order valence-electron chi connectivity index (χ2n) is 4.03. The maximum atomic E-state index is 13.3. The van der Waals surface area contributed by atoms with Gasteiger partial charge in [-0.05, 0) is 18.2 Å². The van der Waals surface area contributed by atoms with Crippen LogP contribution in [0.2, 0.25) is 0 Å². The highest BCUT2D eigenvalue weighted by Gasteiger charge is 2.16. The summed E-state index contributed by atoms with van der Waals surface area (Å²) in [7, 11) is 1.62. The molecule has 1 aromatic carbocycles. The fourth-order valence-electron chi connectivity index (χ4n) is 1.53. The lowest BCUT2D eigenvalue weighted by Gasteiger charge is -2.04. The Hall–Kier alpha value is -2.57. The van der Waals surface area contributed by atoms with Gasteiger partial charge in [0.15, 0.2) is 6.61 Å². The number of halogens is 2. The Morgan fingerprint density at radius 2 is 2.10 bits per heavy atom. The van der Waals surface area contributed by atoms with Crippen LogP contribution in [-0.2, 0) is 11.8 Å². The highest BCUT2D eigenvalue weighted by atomic mass is 19.1. The van der Waals surface area contributed by atoms with Crippen molar-refractivity contribution in [2.75, 3.05) is 6.61 Å². The molecule has 104 valence electrons. The summed E-state index contributed by atoms with van der Waals surface area (Å²) in [6.45, 7) is -0.673. The zero-order valence-corrected chi connectivity index (χ0v) is 10.5. The van der Waals surface area contributed by atoms with Gasteiger partial charge in [0.05, 0.1) is 17.3 Å². The van der Waals surface area contributed by atoms with Gasteiger partial charge < -0.3 is 4.74 Å².